The van der Waals surface area contributed by atoms with E-state index in [1.807, 2.05) is 12.1 Å². The summed E-state index contributed by atoms with van der Waals surface area (Å²) in [5.74, 6) is -3.41. The van der Waals surface area contributed by atoms with Crippen molar-refractivity contribution in [3.05, 3.63) is 65.9 Å². The van der Waals surface area contributed by atoms with E-state index in [1.165, 1.54) is 23.6 Å². The number of nitrogens with two attached hydrogens (primary N) is 1. The molecule has 1 spiro atoms. The minimum absolute atomic E-state index is 0.0135. The van der Waals surface area contributed by atoms with E-state index in [4.69, 9.17) is 5.14 Å². The number of fused-ring (bicyclic) bond motifs is 1. The van der Waals surface area contributed by atoms with E-state index in [1.54, 1.807) is 36.2 Å². The lowest BCUT2D eigenvalue weighted by atomic mass is 9.93. The number of piperidine rings is 2. The molecule has 0 amide bonds. The van der Waals surface area contributed by atoms with Crippen LogP contribution in [-0.2, 0) is 10.0 Å². The molecule has 10 nitrogen and oxygen atoms in total. The molecular formula is C32H34F3N7O3S. The summed E-state index contributed by atoms with van der Waals surface area (Å²) in [6.45, 7) is 3.26. The Labute approximate surface area is 264 Å². The molecule has 2 aliphatic heterocycles. The third-order valence-corrected chi connectivity index (χ3v) is 10.6. The number of aryl methyl sites for hydroxylation is 1. The van der Waals surface area contributed by atoms with Crippen LogP contribution in [0.1, 0.15) is 49.8 Å². The van der Waals surface area contributed by atoms with Crippen molar-refractivity contribution in [2.75, 3.05) is 36.0 Å². The summed E-state index contributed by atoms with van der Waals surface area (Å²) in [5, 5.41) is 24.4. The zero-order valence-corrected chi connectivity index (χ0v) is 26.1. The molecule has 0 unspecified atom stereocenters. The van der Waals surface area contributed by atoms with Gasteiger partial charge in [-0.05, 0) is 67.9 Å². The summed E-state index contributed by atoms with van der Waals surface area (Å²) >= 11 is 0. The second-order valence-corrected chi connectivity index (χ2v) is 14.3. The summed E-state index contributed by atoms with van der Waals surface area (Å²) in [5.41, 5.74) is 3.48. The van der Waals surface area contributed by atoms with Crippen LogP contribution in [0.2, 0.25) is 0 Å². The lowest BCUT2D eigenvalue weighted by Crippen LogP contribution is -2.40. The Morgan fingerprint density at radius 2 is 1.65 bits per heavy atom. The minimum Gasteiger partial charge on any atom is -0.514 e. The van der Waals surface area contributed by atoms with E-state index in [2.05, 4.69) is 20.2 Å². The molecule has 242 valence electrons. The lowest BCUT2D eigenvalue weighted by molar-refractivity contribution is -0.0221. The van der Waals surface area contributed by atoms with Gasteiger partial charge in [-0.1, -0.05) is 17.3 Å². The Morgan fingerprint density at radius 1 is 0.957 bits per heavy atom. The van der Waals surface area contributed by atoms with Crippen LogP contribution in [0.15, 0.2) is 48.9 Å². The van der Waals surface area contributed by atoms with Gasteiger partial charge in [0.15, 0.2) is 5.82 Å². The number of aliphatic hydroxyl groups excluding tert-OH is 1. The highest BCUT2D eigenvalue weighted by Gasteiger charge is 2.44. The Hall–Kier alpha value is -4.17. The van der Waals surface area contributed by atoms with Gasteiger partial charge >= 0.3 is 0 Å². The number of halogens is 3. The molecule has 14 heteroatoms. The zero-order chi connectivity index (χ0) is 32.4. The number of primary sulfonamides is 1. The third-order valence-electron chi connectivity index (χ3n) is 9.67. The molecule has 3 N–H and O–H groups in total. The Kier molecular flexibility index (Phi) is 7.27. The average Bonchev–Trinajstić information content (AvgIpc) is 3.58. The number of nitrogens with zero attached hydrogens (tertiary/aromatic N) is 6. The van der Waals surface area contributed by atoms with Gasteiger partial charge in [-0.2, -0.15) is 0 Å². The summed E-state index contributed by atoms with van der Waals surface area (Å²) < 4.78 is 70.5. The van der Waals surface area contributed by atoms with Crippen LogP contribution in [0.5, 0.6) is 0 Å². The fourth-order valence-electron chi connectivity index (χ4n) is 6.70. The first-order valence-electron chi connectivity index (χ1n) is 15.3. The lowest BCUT2D eigenvalue weighted by Gasteiger charge is -2.35. The molecule has 46 heavy (non-hydrogen) atoms. The van der Waals surface area contributed by atoms with Gasteiger partial charge in [0.25, 0.3) is 5.92 Å². The quantitative estimate of drug-likeness (QED) is 0.254. The molecule has 2 aromatic carbocycles. The summed E-state index contributed by atoms with van der Waals surface area (Å²) in [7, 11) is -4.21. The monoisotopic (exact) mass is 653 g/mol. The van der Waals surface area contributed by atoms with Gasteiger partial charge in [0.1, 0.15) is 16.3 Å². The molecule has 2 saturated heterocycles. The summed E-state index contributed by atoms with van der Waals surface area (Å²) in [4.78, 5) is 7.94. The van der Waals surface area contributed by atoms with Crippen molar-refractivity contribution in [1.82, 2.24) is 20.0 Å². The van der Waals surface area contributed by atoms with Crippen LogP contribution < -0.4 is 14.9 Å². The molecule has 1 aliphatic carbocycles. The number of anilines is 2. The third kappa shape index (κ3) is 5.57. The van der Waals surface area contributed by atoms with E-state index >= 15 is 4.39 Å². The van der Waals surface area contributed by atoms with E-state index in [9.17, 15) is 22.3 Å². The molecule has 0 atom stereocenters. The second-order valence-electron chi connectivity index (χ2n) is 12.7. The number of hydrogen-bond donors (Lipinski definition) is 2. The summed E-state index contributed by atoms with van der Waals surface area (Å²) in [6.07, 6.45) is 5.72. The van der Waals surface area contributed by atoms with E-state index < -0.39 is 26.7 Å². The first-order valence-corrected chi connectivity index (χ1v) is 16.8. The molecule has 4 heterocycles. The van der Waals surface area contributed by atoms with Crippen molar-refractivity contribution < 1.29 is 26.7 Å². The van der Waals surface area contributed by atoms with Crippen LogP contribution in [-0.4, -0.2) is 65.6 Å². The fraction of sp³-hybridized carbons (Fsp3) is 0.406. The van der Waals surface area contributed by atoms with Gasteiger partial charge in [-0.15, -0.1) is 5.10 Å². The second kappa shape index (κ2) is 11.0. The van der Waals surface area contributed by atoms with Gasteiger partial charge < -0.3 is 14.9 Å². The predicted molar refractivity (Wildman–Crippen MR) is 170 cm³/mol. The molecular weight excluding hydrogens is 619 g/mol. The standard InChI is InChI=1S/C32H34F3N7O3S/c1-20-2-3-22-16-23(28(33)30(29(22)37-20)41-14-10-32(34,35)11-15-41)24-18-42(39-38-24)25-5-4-21(27(19-43)46(36,44)45)17-26(25)40-12-8-31(6-7-31)9-13-40/h2-5,16-19,43H,6-15H2,1H3,(H2,36,44,45). The summed E-state index contributed by atoms with van der Waals surface area (Å²) in [6, 6.07) is 10.1. The van der Waals surface area contributed by atoms with Crippen LogP contribution in [0.25, 0.3) is 32.8 Å². The largest absolute Gasteiger partial charge is 0.514 e. The van der Waals surface area contributed by atoms with Crippen molar-refractivity contribution in [3.63, 3.8) is 0 Å². The maximum Gasteiger partial charge on any atom is 0.251 e. The first-order chi connectivity index (χ1) is 21.9. The van der Waals surface area contributed by atoms with Gasteiger partial charge in [-0.25, -0.2) is 31.4 Å². The van der Waals surface area contributed by atoms with Crippen molar-refractivity contribution in [2.45, 2.75) is 51.4 Å². The molecule has 3 aliphatic rings. The van der Waals surface area contributed by atoms with Crippen molar-refractivity contribution in [2.24, 2.45) is 10.6 Å². The SMILES string of the molecule is Cc1ccc2cc(-c3cn(-c4ccc(C(=CO)S(N)(=O)=O)cc4N4CCC5(CC4)CC5)nn3)c(F)c(N3CCC(F)(F)CC3)c2n1. The Bertz CT molecular complexity index is 1970. The topological polar surface area (TPSA) is 130 Å². The number of hydrogen-bond acceptors (Lipinski definition) is 8. The van der Waals surface area contributed by atoms with Gasteiger partial charge in [-0.3, -0.25) is 4.98 Å². The van der Waals surface area contributed by atoms with Gasteiger partial charge in [0.05, 0.1) is 29.4 Å². The predicted octanol–water partition coefficient (Wildman–Crippen LogP) is 5.69. The van der Waals surface area contributed by atoms with E-state index in [-0.39, 0.29) is 48.4 Å². The number of pyridine rings is 1. The highest BCUT2D eigenvalue weighted by atomic mass is 32.2. The molecule has 2 aromatic heterocycles. The van der Waals surface area contributed by atoms with E-state index in [0.717, 1.165) is 25.9 Å². The Balaban J connectivity index is 1.31. The van der Waals surface area contributed by atoms with Crippen LogP contribution in [0.3, 0.4) is 0 Å². The molecule has 3 fully saturated rings. The average molecular weight is 654 g/mol. The van der Waals surface area contributed by atoms with Crippen molar-refractivity contribution in [3.8, 4) is 16.9 Å². The van der Waals surface area contributed by atoms with Crippen molar-refractivity contribution >= 4 is 37.2 Å². The number of sulfonamides is 1. The van der Waals surface area contributed by atoms with Gasteiger partial charge in [0, 0.05) is 55.7 Å². The first kappa shape index (κ1) is 30.5. The number of rotatable bonds is 6. The number of aliphatic hydroxyl groups is 1. The number of aromatic nitrogens is 4. The highest BCUT2D eigenvalue weighted by Crippen LogP contribution is 2.54. The Morgan fingerprint density at radius 3 is 2.30 bits per heavy atom. The van der Waals surface area contributed by atoms with Crippen LogP contribution in [0.4, 0.5) is 24.5 Å². The maximum absolute atomic E-state index is 16.5. The van der Waals surface area contributed by atoms with Crippen LogP contribution in [0, 0.1) is 18.2 Å². The molecule has 1 saturated carbocycles. The number of benzene rings is 2. The minimum atomic E-state index is -4.21. The normalized spacial score (nSPS) is 19.6. The van der Waals surface area contributed by atoms with Crippen LogP contribution >= 0.6 is 0 Å². The fourth-order valence-corrected chi connectivity index (χ4v) is 7.30. The zero-order valence-electron chi connectivity index (χ0n) is 25.3. The molecule has 7 rings (SSSR count). The van der Waals surface area contributed by atoms with Gasteiger partial charge in [0.2, 0.25) is 10.0 Å². The smallest absolute Gasteiger partial charge is 0.251 e. The molecule has 0 radical (unpaired) electrons. The van der Waals surface area contributed by atoms with Crippen molar-refractivity contribution in [1.29, 1.82) is 0 Å². The van der Waals surface area contributed by atoms with E-state index in [0.29, 0.717) is 39.6 Å². The maximum atomic E-state index is 16.5. The molecule has 4 aromatic rings. The number of alkyl halides is 2. The highest BCUT2D eigenvalue weighted by molar-refractivity contribution is 7.98. The molecule has 0 bridgehead atoms.